The van der Waals surface area contributed by atoms with Crippen LogP contribution in [0, 0.1) is 0 Å². The lowest BCUT2D eigenvalue weighted by atomic mass is 9.68. The third-order valence-electron chi connectivity index (χ3n) is 12.8. The van der Waals surface area contributed by atoms with Crippen LogP contribution in [-0.2, 0) is 5.41 Å². The molecule has 0 N–H and O–H groups in total. The molecule has 0 fully saturated rings. The SMILES string of the molecule is c1ccc(-c2ccc(N(c3ccc(-c4ccc5oc6c7ccccc7ccc6c5c4)cc3)c3ccc(C4(c5ccccc5)c5ccccc5-c5ccccc54)cc3)cc2)cc1. The zero-order valence-electron chi connectivity index (χ0n) is 33.4. The van der Waals surface area contributed by atoms with Crippen LogP contribution in [0.5, 0.6) is 0 Å². The average Bonchev–Trinajstić information content (AvgIpc) is 3.87. The van der Waals surface area contributed by atoms with E-state index in [1.807, 2.05) is 0 Å². The highest BCUT2D eigenvalue weighted by Crippen LogP contribution is 2.56. The number of nitrogens with zero attached hydrogens (tertiary/aromatic N) is 1. The summed E-state index contributed by atoms with van der Waals surface area (Å²) in [5.41, 5.74) is 17.1. The molecule has 2 nitrogen and oxygen atoms in total. The molecule has 0 amide bonds. The van der Waals surface area contributed by atoms with Crippen LogP contribution in [0.3, 0.4) is 0 Å². The Morgan fingerprint density at radius 1 is 0.328 bits per heavy atom. The molecule has 286 valence electrons. The topological polar surface area (TPSA) is 16.4 Å². The first-order chi connectivity index (χ1) is 30.2. The minimum Gasteiger partial charge on any atom is -0.455 e. The molecule has 10 aromatic carbocycles. The van der Waals surface area contributed by atoms with Gasteiger partial charge in [0.1, 0.15) is 11.2 Å². The second-order valence-electron chi connectivity index (χ2n) is 16.0. The van der Waals surface area contributed by atoms with E-state index in [-0.39, 0.29) is 0 Å². The van der Waals surface area contributed by atoms with E-state index < -0.39 is 5.41 Å². The van der Waals surface area contributed by atoms with Gasteiger partial charge in [0.15, 0.2) is 0 Å². The quantitative estimate of drug-likeness (QED) is 0.160. The molecule has 0 saturated heterocycles. The van der Waals surface area contributed by atoms with Crippen molar-refractivity contribution in [3.63, 3.8) is 0 Å². The summed E-state index contributed by atoms with van der Waals surface area (Å²) in [6, 6.07) is 86.0. The molecule has 0 bridgehead atoms. The highest BCUT2D eigenvalue weighted by atomic mass is 16.3. The third kappa shape index (κ3) is 5.57. The lowest BCUT2D eigenvalue weighted by Crippen LogP contribution is -2.28. The highest BCUT2D eigenvalue weighted by molar-refractivity contribution is 6.15. The van der Waals surface area contributed by atoms with E-state index in [2.05, 4.69) is 241 Å². The van der Waals surface area contributed by atoms with Crippen molar-refractivity contribution in [1.29, 1.82) is 0 Å². The van der Waals surface area contributed by atoms with Gasteiger partial charge in [0.25, 0.3) is 0 Å². The number of furan rings is 1. The zero-order chi connectivity index (χ0) is 40.3. The van der Waals surface area contributed by atoms with E-state index >= 15 is 0 Å². The predicted molar refractivity (Wildman–Crippen MR) is 254 cm³/mol. The molecule has 0 atom stereocenters. The Morgan fingerprint density at radius 2 is 0.820 bits per heavy atom. The lowest BCUT2D eigenvalue weighted by Gasteiger charge is -2.34. The van der Waals surface area contributed by atoms with Crippen molar-refractivity contribution in [2.75, 3.05) is 4.90 Å². The second kappa shape index (κ2) is 14.1. The van der Waals surface area contributed by atoms with Gasteiger partial charge in [-0.1, -0.05) is 182 Å². The van der Waals surface area contributed by atoms with Crippen LogP contribution in [0.1, 0.15) is 22.3 Å². The standard InChI is InChI=1S/C59H39NO/c1-3-13-40(14-4-1)41-23-31-47(32-24-41)60(48-33-25-42(26-34-48)44-28-38-57-54(39-44)53-37-27-43-15-7-8-18-50(43)58(53)61-57)49-35-29-46(30-36-49)59(45-16-5-2-6-17-45)55-21-11-9-19-51(55)52-20-10-12-22-56(52)59/h1-39H. The fourth-order valence-electron chi connectivity index (χ4n) is 9.94. The van der Waals surface area contributed by atoms with Crippen molar-refractivity contribution >= 4 is 49.8 Å². The Bertz CT molecular complexity index is 3340. The van der Waals surface area contributed by atoms with E-state index in [1.165, 1.54) is 49.9 Å². The van der Waals surface area contributed by atoms with Crippen molar-refractivity contribution < 1.29 is 4.42 Å². The van der Waals surface area contributed by atoms with Gasteiger partial charge in [-0.2, -0.15) is 0 Å². The molecular weight excluding hydrogens is 739 g/mol. The van der Waals surface area contributed by atoms with Gasteiger partial charge in [0.2, 0.25) is 0 Å². The van der Waals surface area contributed by atoms with Crippen molar-refractivity contribution in [2.24, 2.45) is 0 Å². The van der Waals surface area contributed by atoms with E-state index in [0.717, 1.165) is 55.5 Å². The van der Waals surface area contributed by atoms with Gasteiger partial charge in [-0.15, -0.1) is 0 Å². The first-order valence-electron chi connectivity index (χ1n) is 21.0. The molecule has 12 rings (SSSR count). The summed E-state index contributed by atoms with van der Waals surface area (Å²) in [6.07, 6.45) is 0. The van der Waals surface area contributed by atoms with Crippen molar-refractivity contribution in [2.45, 2.75) is 5.41 Å². The maximum absolute atomic E-state index is 6.44. The number of rotatable bonds is 7. The van der Waals surface area contributed by atoms with Crippen molar-refractivity contribution in [1.82, 2.24) is 0 Å². The van der Waals surface area contributed by atoms with E-state index in [4.69, 9.17) is 4.42 Å². The van der Waals surface area contributed by atoms with Gasteiger partial charge in [0.05, 0.1) is 5.41 Å². The van der Waals surface area contributed by atoms with E-state index in [1.54, 1.807) is 0 Å². The Balaban J connectivity index is 0.967. The Hall–Kier alpha value is -7.94. The van der Waals surface area contributed by atoms with Gasteiger partial charge in [-0.05, 0) is 116 Å². The fraction of sp³-hybridized carbons (Fsp3) is 0.0169. The van der Waals surface area contributed by atoms with Crippen molar-refractivity contribution in [3.8, 4) is 33.4 Å². The summed E-state index contributed by atoms with van der Waals surface area (Å²) >= 11 is 0. The summed E-state index contributed by atoms with van der Waals surface area (Å²) in [7, 11) is 0. The predicted octanol–water partition coefficient (Wildman–Crippen LogP) is 15.9. The Morgan fingerprint density at radius 3 is 1.48 bits per heavy atom. The molecule has 0 saturated carbocycles. The summed E-state index contributed by atoms with van der Waals surface area (Å²) in [5.74, 6) is 0. The van der Waals surface area contributed by atoms with Crippen LogP contribution >= 0.6 is 0 Å². The largest absolute Gasteiger partial charge is 0.455 e. The van der Waals surface area contributed by atoms with Crippen LogP contribution in [0.15, 0.2) is 241 Å². The molecule has 0 aliphatic heterocycles. The fourth-order valence-corrected chi connectivity index (χ4v) is 9.94. The molecule has 0 radical (unpaired) electrons. The molecular formula is C59H39NO. The van der Waals surface area contributed by atoms with Gasteiger partial charge < -0.3 is 9.32 Å². The molecule has 1 aromatic heterocycles. The van der Waals surface area contributed by atoms with Crippen LogP contribution in [-0.4, -0.2) is 0 Å². The normalized spacial score (nSPS) is 12.7. The minimum absolute atomic E-state index is 0.453. The Labute approximate surface area is 355 Å². The van der Waals surface area contributed by atoms with Crippen LogP contribution < -0.4 is 4.90 Å². The van der Waals surface area contributed by atoms with Crippen molar-refractivity contribution in [3.05, 3.63) is 259 Å². The highest BCUT2D eigenvalue weighted by Gasteiger charge is 2.45. The third-order valence-corrected chi connectivity index (χ3v) is 12.8. The van der Waals surface area contributed by atoms with E-state index in [0.29, 0.717) is 0 Å². The van der Waals surface area contributed by atoms with Gasteiger partial charge in [0, 0.05) is 33.2 Å². The average molecular weight is 778 g/mol. The van der Waals surface area contributed by atoms with Crippen LogP contribution in [0.4, 0.5) is 17.1 Å². The Kier molecular flexibility index (Phi) is 8.11. The summed E-state index contributed by atoms with van der Waals surface area (Å²) in [5, 5.41) is 4.59. The molecule has 1 heterocycles. The summed E-state index contributed by atoms with van der Waals surface area (Å²) in [4.78, 5) is 2.37. The number of hydrogen-bond acceptors (Lipinski definition) is 2. The van der Waals surface area contributed by atoms with Crippen LogP contribution in [0.2, 0.25) is 0 Å². The second-order valence-corrected chi connectivity index (χ2v) is 16.0. The molecule has 2 heteroatoms. The summed E-state index contributed by atoms with van der Waals surface area (Å²) < 4.78 is 6.44. The van der Waals surface area contributed by atoms with Gasteiger partial charge in [-0.25, -0.2) is 0 Å². The van der Waals surface area contributed by atoms with E-state index in [9.17, 15) is 0 Å². The monoisotopic (exact) mass is 777 g/mol. The first kappa shape index (κ1) is 35.0. The van der Waals surface area contributed by atoms with Gasteiger partial charge >= 0.3 is 0 Å². The molecule has 0 unspecified atom stereocenters. The number of hydrogen-bond donors (Lipinski definition) is 0. The number of benzene rings is 10. The smallest absolute Gasteiger partial charge is 0.143 e. The maximum Gasteiger partial charge on any atom is 0.143 e. The van der Waals surface area contributed by atoms with Crippen LogP contribution in [0.25, 0.3) is 66.1 Å². The van der Waals surface area contributed by atoms with Gasteiger partial charge in [-0.3, -0.25) is 0 Å². The molecule has 11 aromatic rings. The number of anilines is 3. The summed E-state index contributed by atoms with van der Waals surface area (Å²) in [6.45, 7) is 0. The first-order valence-corrected chi connectivity index (χ1v) is 21.0. The molecule has 61 heavy (non-hydrogen) atoms. The zero-order valence-corrected chi connectivity index (χ0v) is 33.4. The molecule has 1 aliphatic carbocycles. The molecule has 0 spiro atoms. The minimum atomic E-state index is -0.453. The lowest BCUT2D eigenvalue weighted by molar-refractivity contribution is 0.672. The maximum atomic E-state index is 6.44. The molecule has 1 aliphatic rings. The number of fused-ring (bicyclic) bond motifs is 8.